The molecule has 200 valence electrons. The maximum Gasteiger partial charge on any atom is 0.326 e. The monoisotopic (exact) mass is 564 g/mol. The van der Waals surface area contributed by atoms with Crippen LogP contribution in [0.1, 0.15) is 35.3 Å². The predicted molar refractivity (Wildman–Crippen MR) is 152 cm³/mol. The number of rotatable bonds is 6. The van der Waals surface area contributed by atoms with Crippen molar-refractivity contribution in [3.05, 3.63) is 97.8 Å². The first-order valence-electron chi connectivity index (χ1n) is 12.4. The molecule has 2 N–H and O–H groups in total. The van der Waals surface area contributed by atoms with Crippen molar-refractivity contribution >= 4 is 46.0 Å². The highest BCUT2D eigenvalue weighted by Crippen LogP contribution is 2.44. The number of para-hydroxylation sites is 1. The average molecular weight is 565 g/mol. The normalized spacial score (nSPS) is 14.5. The highest BCUT2D eigenvalue weighted by molar-refractivity contribution is 6.39. The van der Waals surface area contributed by atoms with Crippen molar-refractivity contribution in [2.24, 2.45) is 7.05 Å². The lowest BCUT2D eigenvalue weighted by atomic mass is 9.90. The van der Waals surface area contributed by atoms with Crippen molar-refractivity contribution in [3.8, 4) is 16.9 Å². The maximum atomic E-state index is 13.4. The lowest BCUT2D eigenvalue weighted by Gasteiger charge is -2.19. The van der Waals surface area contributed by atoms with Crippen LogP contribution >= 0.6 is 23.2 Å². The van der Waals surface area contributed by atoms with Gasteiger partial charge in [-0.05, 0) is 49.1 Å². The minimum absolute atomic E-state index is 0.000921. The lowest BCUT2D eigenvalue weighted by molar-refractivity contribution is -0.139. The number of aryl methyl sites for hydroxylation is 1. The molecule has 9 heteroatoms. The van der Waals surface area contributed by atoms with Gasteiger partial charge in [-0.25, -0.2) is 4.79 Å². The summed E-state index contributed by atoms with van der Waals surface area (Å²) in [4.78, 5) is 38.5. The summed E-state index contributed by atoms with van der Waals surface area (Å²) in [5, 5.41) is 13.7. The summed E-state index contributed by atoms with van der Waals surface area (Å²) in [6, 6.07) is 16.5. The smallest absolute Gasteiger partial charge is 0.326 e. The Bertz CT molecular complexity index is 1690. The van der Waals surface area contributed by atoms with Crippen LogP contribution in [0.2, 0.25) is 10.0 Å². The van der Waals surface area contributed by atoms with E-state index in [9.17, 15) is 19.5 Å². The Morgan fingerprint density at radius 1 is 1.05 bits per heavy atom. The van der Waals surface area contributed by atoms with Gasteiger partial charge in [0.2, 0.25) is 0 Å². The van der Waals surface area contributed by atoms with Gasteiger partial charge in [0.25, 0.3) is 11.5 Å². The van der Waals surface area contributed by atoms with Crippen LogP contribution in [0.15, 0.2) is 65.5 Å². The minimum Gasteiger partial charge on any atom is -0.487 e. The Morgan fingerprint density at radius 3 is 2.44 bits per heavy atom. The third kappa shape index (κ3) is 5.00. The van der Waals surface area contributed by atoms with Gasteiger partial charge < -0.3 is 19.7 Å². The number of aromatic nitrogens is 1. The van der Waals surface area contributed by atoms with Crippen LogP contribution < -0.4 is 15.6 Å². The summed E-state index contributed by atoms with van der Waals surface area (Å²) in [7, 11) is 1.74. The number of carboxylic acids is 1. The number of hydrogen-bond acceptors (Lipinski definition) is 4. The molecule has 0 radical (unpaired) electrons. The molecule has 1 aromatic heterocycles. The zero-order valence-corrected chi connectivity index (χ0v) is 23.1. The fourth-order valence-corrected chi connectivity index (χ4v) is 5.67. The first-order valence-corrected chi connectivity index (χ1v) is 13.1. The fourth-order valence-electron chi connectivity index (χ4n) is 5.10. The zero-order chi connectivity index (χ0) is 28.1. The van der Waals surface area contributed by atoms with Crippen molar-refractivity contribution in [1.82, 2.24) is 9.88 Å². The molecule has 0 unspecified atom stereocenters. The first-order chi connectivity index (χ1) is 18.5. The number of halogens is 2. The van der Waals surface area contributed by atoms with Crippen molar-refractivity contribution in [3.63, 3.8) is 0 Å². The number of carbonyl (C=O) groups is 2. The van der Waals surface area contributed by atoms with E-state index in [1.165, 1.54) is 12.1 Å². The van der Waals surface area contributed by atoms with Gasteiger partial charge in [0.1, 0.15) is 17.4 Å². The van der Waals surface area contributed by atoms with E-state index in [2.05, 4.69) is 5.32 Å². The van der Waals surface area contributed by atoms with Crippen LogP contribution in [-0.4, -0.2) is 33.2 Å². The second-order valence-electron chi connectivity index (χ2n) is 10.3. The molecule has 5 rings (SSSR count). The number of hydrogen-bond donors (Lipinski definition) is 2. The van der Waals surface area contributed by atoms with Crippen LogP contribution in [0, 0.1) is 0 Å². The summed E-state index contributed by atoms with van der Waals surface area (Å²) >= 11 is 12.3. The van der Waals surface area contributed by atoms with Gasteiger partial charge in [-0.15, -0.1) is 0 Å². The number of carboxylic acid groups (broad SMARTS) is 1. The molecule has 39 heavy (non-hydrogen) atoms. The summed E-state index contributed by atoms with van der Waals surface area (Å²) < 4.78 is 7.95. The number of ether oxygens (including phenoxy) is 1. The van der Waals surface area contributed by atoms with Gasteiger partial charge in [0, 0.05) is 31.0 Å². The Labute approximate surface area is 234 Å². The predicted octanol–water partition coefficient (Wildman–Crippen LogP) is 5.65. The number of nitrogens with zero attached hydrogens (tertiary/aromatic N) is 1. The van der Waals surface area contributed by atoms with Gasteiger partial charge >= 0.3 is 5.97 Å². The molecule has 2 heterocycles. The standard InChI is InChI=1S/C30H26Cl2N2O5/c1-30(2)15-20-16(14-23(29(37)38)33-27(35)25-21(31)8-6-9-22(25)32)11-12-18(26(20)39-30)19-13-17-7-4-5-10-24(17)34(3)28(19)36/h4-13,23H,14-15H2,1-3H3,(H,33,35)(H,37,38)/t23-/m0/s1. The molecule has 1 atom stereocenters. The quantitative estimate of drug-likeness (QED) is 0.315. The molecule has 0 aliphatic carbocycles. The number of fused-ring (bicyclic) bond motifs is 2. The second kappa shape index (κ2) is 10.1. The van der Waals surface area contributed by atoms with E-state index >= 15 is 0 Å². The lowest BCUT2D eigenvalue weighted by Crippen LogP contribution is -2.42. The summed E-state index contributed by atoms with van der Waals surface area (Å²) in [5.74, 6) is -1.33. The number of aliphatic carboxylic acids is 1. The number of nitrogens with one attached hydrogen (secondary N) is 1. The molecule has 1 aliphatic heterocycles. The number of carbonyl (C=O) groups excluding carboxylic acids is 1. The molecule has 0 saturated carbocycles. The van der Waals surface area contributed by atoms with Crippen LogP contribution in [0.3, 0.4) is 0 Å². The van der Waals surface area contributed by atoms with Gasteiger partial charge in [-0.1, -0.05) is 59.6 Å². The van der Waals surface area contributed by atoms with E-state index in [4.69, 9.17) is 27.9 Å². The number of pyridine rings is 1. The second-order valence-corrected chi connectivity index (χ2v) is 11.1. The van der Waals surface area contributed by atoms with Gasteiger partial charge in [0.15, 0.2) is 0 Å². The van der Waals surface area contributed by atoms with Crippen LogP contribution in [-0.2, 0) is 24.7 Å². The van der Waals surface area contributed by atoms with Crippen molar-refractivity contribution < 1.29 is 19.4 Å². The van der Waals surface area contributed by atoms with Crippen molar-refractivity contribution in [1.29, 1.82) is 0 Å². The molecule has 4 aromatic rings. The maximum absolute atomic E-state index is 13.4. The molecule has 0 saturated heterocycles. The van der Waals surface area contributed by atoms with Crippen LogP contribution in [0.5, 0.6) is 5.75 Å². The zero-order valence-electron chi connectivity index (χ0n) is 21.5. The van der Waals surface area contributed by atoms with E-state index in [0.717, 1.165) is 16.5 Å². The van der Waals surface area contributed by atoms with E-state index in [1.54, 1.807) is 29.8 Å². The molecule has 7 nitrogen and oxygen atoms in total. The van der Waals surface area contributed by atoms with Gasteiger partial charge in [0.05, 0.1) is 26.7 Å². The average Bonchev–Trinajstić information content (AvgIpc) is 3.21. The van der Waals surface area contributed by atoms with Crippen molar-refractivity contribution in [2.45, 2.75) is 38.3 Å². The fraction of sp³-hybridized carbons (Fsp3) is 0.233. The largest absolute Gasteiger partial charge is 0.487 e. The summed E-state index contributed by atoms with van der Waals surface area (Å²) in [6.07, 6.45) is 0.511. The van der Waals surface area contributed by atoms with E-state index in [-0.39, 0.29) is 27.6 Å². The Balaban J connectivity index is 1.55. The third-order valence-electron chi connectivity index (χ3n) is 6.98. The molecule has 0 bridgehead atoms. The van der Waals surface area contributed by atoms with E-state index < -0.39 is 23.5 Å². The highest BCUT2D eigenvalue weighted by atomic mass is 35.5. The van der Waals surface area contributed by atoms with E-state index in [1.807, 2.05) is 44.2 Å². The van der Waals surface area contributed by atoms with Gasteiger partial charge in [-0.2, -0.15) is 0 Å². The molecule has 3 aromatic carbocycles. The molecular formula is C30H26Cl2N2O5. The summed E-state index contributed by atoms with van der Waals surface area (Å²) in [5.41, 5.74) is 2.76. The molecule has 1 amide bonds. The van der Waals surface area contributed by atoms with Crippen LogP contribution in [0.25, 0.3) is 22.0 Å². The van der Waals surface area contributed by atoms with Crippen LogP contribution in [0.4, 0.5) is 0 Å². The van der Waals surface area contributed by atoms with E-state index in [0.29, 0.717) is 28.9 Å². The number of benzene rings is 3. The Morgan fingerprint density at radius 2 is 1.74 bits per heavy atom. The molecular weight excluding hydrogens is 539 g/mol. The van der Waals surface area contributed by atoms with Gasteiger partial charge in [-0.3, -0.25) is 9.59 Å². The number of amides is 1. The first kappa shape index (κ1) is 26.8. The summed E-state index contributed by atoms with van der Waals surface area (Å²) in [6.45, 7) is 3.88. The highest BCUT2D eigenvalue weighted by Gasteiger charge is 2.36. The third-order valence-corrected chi connectivity index (χ3v) is 7.61. The molecule has 0 fully saturated rings. The van der Waals surface area contributed by atoms with Crippen molar-refractivity contribution in [2.75, 3.05) is 0 Å². The minimum atomic E-state index is -1.25. The Kier molecular flexibility index (Phi) is 6.91. The Hall–Kier alpha value is -3.81. The SMILES string of the molecule is Cn1c(=O)c(-c2ccc(C[C@H](NC(=O)c3c(Cl)cccc3Cl)C(=O)O)c3c2OC(C)(C)C3)cc2ccccc21. The molecule has 1 aliphatic rings. The topological polar surface area (TPSA) is 97.6 Å². The molecule has 0 spiro atoms.